The lowest BCUT2D eigenvalue weighted by molar-refractivity contribution is -0.0408. The Labute approximate surface area is 144 Å². The minimum atomic E-state index is -0.00462. The van der Waals surface area contributed by atoms with Crippen LogP contribution < -0.4 is 10.2 Å². The van der Waals surface area contributed by atoms with E-state index in [-0.39, 0.29) is 24.2 Å². The second kappa shape index (κ2) is 7.51. The van der Waals surface area contributed by atoms with Crippen molar-refractivity contribution in [1.82, 2.24) is 10.3 Å². The highest BCUT2D eigenvalue weighted by Crippen LogP contribution is 2.23. The summed E-state index contributed by atoms with van der Waals surface area (Å²) in [5.74, 6) is 1.60. The average Bonchev–Trinajstić information content (AvgIpc) is 2.54. The van der Waals surface area contributed by atoms with E-state index in [0.29, 0.717) is 11.5 Å². The lowest BCUT2D eigenvalue weighted by atomic mass is 9.99. The standard InChI is InChI=1S/C19H29N3O2/c1-13-5-4-8-22(12-13)18-11-16(6-7-20-18)19(23)21-17-9-14(2)24-15(3)10-17/h6-7,11,13-15,17H,4-5,8-10,12H2,1-3H3,(H,21,23)/t13-,14-,15+,17?/m0/s1. The van der Waals surface area contributed by atoms with Crippen molar-refractivity contribution in [2.45, 2.75) is 64.7 Å². The maximum absolute atomic E-state index is 12.6. The summed E-state index contributed by atoms with van der Waals surface area (Å²) in [7, 11) is 0. The fraction of sp³-hybridized carbons (Fsp3) is 0.684. The second-order valence-electron chi connectivity index (χ2n) is 7.50. The molecule has 2 saturated heterocycles. The molecule has 2 aliphatic rings. The maximum atomic E-state index is 12.6. The Morgan fingerprint density at radius 1 is 1.29 bits per heavy atom. The zero-order chi connectivity index (χ0) is 17.1. The molecule has 1 N–H and O–H groups in total. The number of carbonyl (C=O) groups excluding carboxylic acids is 1. The number of amides is 1. The molecule has 0 saturated carbocycles. The molecule has 5 nitrogen and oxygen atoms in total. The number of nitrogens with zero attached hydrogens (tertiary/aromatic N) is 2. The fourth-order valence-electron chi connectivity index (χ4n) is 3.92. The van der Waals surface area contributed by atoms with Crippen molar-refractivity contribution < 1.29 is 9.53 Å². The van der Waals surface area contributed by atoms with Crippen LogP contribution in [-0.2, 0) is 4.74 Å². The Kier molecular flexibility index (Phi) is 5.39. The van der Waals surface area contributed by atoms with Crippen LogP contribution in [-0.4, -0.2) is 42.2 Å². The summed E-state index contributed by atoms with van der Waals surface area (Å²) in [4.78, 5) is 19.4. The highest BCUT2D eigenvalue weighted by Gasteiger charge is 2.26. The first kappa shape index (κ1) is 17.2. The van der Waals surface area contributed by atoms with Crippen LogP contribution in [0.15, 0.2) is 18.3 Å². The number of hydrogen-bond donors (Lipinski definition) is 1. The molecule has 0 bridgehead atoms. The molecule has 2 aliphatic heterocycles. The van der Waals surface area contributed by atoms with E-state index in [1.54, 1.807) is 12.3 Å². The molecule has 3 rings (SSSR count). The van der Waals surface area contributed by atoms with Crippen molar-refractivity contribution >= 4 is 11.7 Å². The third-order valence-corrected chi connectivity index (χ3v) is 5.02. The summed E-state index contributed by atoms with van der Waals surface area (Å²) < 4.78 is 5.74. The van der Waals surface area contributed by atoms with Gasteiger partial charge in [-0.2, -0.15) is 0 Å². The third kappa shape index (κ3) is 4.26. The predicted octanol–water partition coefficient (Wildman–Crippen LogP) is 3.00. The number of ether oxygens (including phenoxy) is 1. The van der Waals surface area contributed by atoms with Crippen LogP contribution >= 0.6 is 0 Å². The summed E-state index contributed by atoms with van der Waals surface area (Å²) in [6, 6.07) is 3.92. The van der Waals surface area contributed by atoms with E-state index < -0.39 is 0 Å². The molecular weight excluding hydrogens is 302 g/mol. The van der Waals surface area contributed by atoms with Crippen molar-refractivity contribution in [3.05, 3.63) is 23.9 Å². The molecular formula is C19H29N3O2. The van der Waals surface area contributed by atoms with Crippen LogP contribution in [0, 0.1) is 5.92 Å². The molecule has 1 unspecified atom stereocenters. The maximum Gasteiger partial charge on any atom is 0.251 e. The van der Waals surface area contributed by atoms with Crippen LogP contribution in [0.2, 0.25) is 0 Å². The van der Waals surface area contributed by atoms with Gasteiger partial charge in [-0.3, -0.25) is 4.79 Å². The van der Waals surface area contributed by atoms with E-state index in [2.05, 4.69) is 36.0 Å². The molecule has 1 amide bonds. The van der Waals surface area contributed by atoms with E-state index in [4.69, 9.17) is 4.74 Å². The van der Waals surface area contributed by atoms with Gasteiger partial charge in [-0.15, -0.1) is 0 Å². The molecule has 0 spiro atoms. The monoisotopic (exact) mass is 331 g/mol. The quantitative estimate of drug-likeness (QED) is 0.925. The van der Waals surface area contributed by atoms with Crippen molar-refractivity contribution in [2.75, 3.05) is 18.0 Å². The molecule has 0 aliphatic carbocycles. The van der Waals surface area contributed by atoms with E-state index in [1.165, 1.54) is 12.8 Å². The number of rotatable bonds is 3. The van der Waals surface area contributed by atoms with Crippen LogP contribution in [0.5, 0.6) is 0 Å². The zero-order valence-corrected chi connectivity index (χ0v) is 15.0. The Balaban J connectivity index is 1.65. The van der Waals surface area contributed by atoms with Gasteiger partial charge in [-0.25, -0.2) is 4.98 Å². The molecule has 1 aromatic heterocycles. The first-order valence-electron chi connectivity index (χ1n) is 9.18. The van der Waals surface area contributed by atoms with Gasteiger partial charge in [0.25, 0.3) is 5.91 Å². The minimum Gasteiger partial charge on any atom is -0.375 e. The van der Waals surface area contributed by atoms with Crippen molar-refractivity contribution in [3.63, 3.8) is 0 Å². The Morgan fingerprint density at radius 3 is 2.75 bits per heavy atom. The van der Waals surface area contributed by atoms with Crippen molar-refractivity contribution in [3.8, 4) is 0 Å². The molecule has 1 aromatic rings. The van der Waals surface area contributed by atoms with Gasteiger partial charge in [-0.1, -0.05) is 6.92 Å². The highest BCUT2D eigenvalue weighted by atomic mass is 16.5. The van der Waals surface area contributed by atoms with Crippen molar-refractivity contribution in [2.24, 2.45) is 5.92 Å². The smallest absolute Gasteiger partial charge is 0.251 e. The lowest BCUT2D eigenvalue weighted by Crippen LogP contribution is -2.44. The summed E-state index contributed by atoms with van der Waals surface area (Å²) in [6.45, 7) is 8.45. The number of carbonyl (C=O) groups is 1. The largest absolute Gasteiger partial charge is 0.375 e. The van der Waals surface area contributed by atoms with Gasteiger partial charge in [0.05, 0.1) is 12.2 Å². The summed E-state index contributed by atoms with van der Waals surface area (Å²) in [5.41, 5.74) is 0.699. The first-order valence-corrected chi connectivity index (χ1v) is 9.18. The third-order valence-electron chi connectivity index (χ3n) is 5.02. The Bertz CT molecular complexity index is 567. The topological polar surface area (TPSA) is 54.5 Å². The first-order chi connectivity index (χ1) is 11.5. The van der Waals surface area contributed by atoms with Crippen LogP contribution in [0.25, 0.3) is 0 Å². The van der Waals surface area contributed by atoms with Gasteiger partial charge in [0.15, 0.2) is 0 Å². The summed E-state index contributed by atoms with van der Waals surface area (Å²) in [6.07, 6.45) is 6.35. The number of anilines is 1. The Morgan fingerprint density at radius 2 is 2.04 bits per heavy atom. The fourth-order valence-corrected chi connectivity index (χ4v) is 3.92. The molecule has 4 atom stereocenters. The van der Waals surface area contributed by atoms with Gasteiger partial charge in [-0.05, 0) is 57.6 Å². The van der Waals surface area contributed by atoms with E-state index in [0.717, 1.165) is 31.7 Å². The average molecular weight is 331 g/mol. The van der Waals surface area contributed by atoms with Crippen LogP contribution in [0.3, 0.4) is 0 Å². The van der Waals surface area contributed by atoms with Gasteiger partial charge in [0, 0.05) is 30.9 Å². The molecule has 132 valence electrons. The normalized spacial score (nSPS) is 30.9. The number of hydrogen-bond acceptors (Lipinski definition) is 4. The number of aromatic nitrogens is 1. The second-order valence-corrected chi connectivity index (χ2v) is 7.50. The van der Waals surface area contributed by atoms with Gasteiger partial charge < -0.3 is 15.0 Å². The molecule has 24 heavy (non-hydrogen) atoms. The zero-order valence-electron chi connectivity index (χ0n) is 15.0. The van der Waals surface area contributed by atoms with E-state index in [1.807, 2.05) is 6.07 Å². The molecule has 3 heterocycles. The highest BCUT2D eigenvalue weighted by molar-refractivity contribution is 5.95. The van der Waals surface area contributed by atoms with Crippen LogP contribution in [0.4, 0.5) is 5.82 Å². The molecule has 0 aromatic carbocycles. The van der Waals surface area contributed by atoms with Crippen molar-refractivity contribution in [1.29, 1.82) is 0 Å². The summed E-state index contributed by atoms with van der Waals surface area (Å²) >= 11 is 0. The van der Waals surface area contributed by atoms with E-state index >= 15 is 0 Å². The number of piperidine rings is 1. The summed E-state index contributed by atoms with van der Waals surface area (Å²) in [5, 5.41) is 3.17. The van der Waals surface area contributed by atoms with Gasteiger partial charge in [0.2, 0.25) is 0 Å². The molecule has 5 heteroatoms. The van der Waals surface area contributed by atoms with Gasteiger partial charge in [0.1, 0.15) is 5.82 Å². The SMILES string of the molecule is C[C@H]1CCCN(c2cc(C(=O)NC3C[C@@H](C)O[C@@H](C)C3)ccn2)C1. The minimum absolute atomic E-state index is 0.00462. The van der Waals surface area contributed by atoms with Crippen LogP contribution in [0.1, 0.15) is 56.8 Å². The molecule has 2 fully saturated rings. The number of pyridine rings is 1. The predicted molar refractivity (Wildman–Crippen MR) is 95.3 cm³/mol. The Hall–Kier alpha value is -1.62. The lowest BCUT2D eigenvalue weighted by Gasteiger charge is -2.33. The molecule has 0 radical (unpaired) electrons. The number of nitrogens with one attached hydrogen (secondary N) is 1. The van der Waals surface area contributed by atoms with E-state index in [9.17, 15) is 4.79 Å². The van der Waals surface area contributed by atoms with Gasteiger partial charge >= 0.3 is 0 Å².